The van der Waals surface area contributed by atoms with Crippen molar-refractivity contribution in [2.24, 2.45) is 5.41 Å². The molecule has 0 amide bonds. The minimum absolute atomic E-state index is 0.472. The fraction of sp³-hybridized carbons (Fsp3) is 0.682. The first kappa shape index (κ1) is 17.7. The maximum atomic E-state index is 4.83. The monoisotopic (exact) mass is 393 g/mol. The molecule has 5 aliphatic rings. The van der Waals surface area contributed by atoms with Crippen LogP contribution in [0.25, 0.3) is 0 Å². The molecular weight excluding hydrogens is 362 g/mol. The number of hydrogen-bond acceptors (Lipinski definition) is 6. The summed E-state index contributed by atoms with van der Waals surface area (Å²) in [5.41, 5.74) is 1.73. The lowest BCUT2D eigenvalue weighted by Crippen LogP contribution is -2.43. The highest BCUT2D eigenvalue weighted by molar-refractivity contribution is 5.54. The quantitative estimate of drug-likeness (QED) is 0.780. The number of hydrogen-bond donors (Lipinski definition) is 2. The van der Waals surface area contributed by atoms with Gasteiger partial charge in [0.05, 0.1) is 0 Å². The third-order valence-corrected chi connectivity index (χ3v) is 7.59. The summed E-state index contributed by atoms with van der Waals surface area (Å²) < 4.78 is 0. The van der Waals surface area contributed by atoms with E-state index in [-0.39, 0.29) is 0 Å². The molecule has 29 heavy (non-hydrogen) atoms. The predicted octanol–water partition coefficient (Wildman–Crippen LogP) is 3.67. The van der Waals surface area contributed by atoms with E-state index in [0.717, 1.165) is 24.1 Å². The lowest BCUT2D eigenvalue weighted by molar-refractivity contribution is 0.125. The maximum absolute atomic E-state index is 4.83. The van der Waals surface area contributed by atoms with Gasteiger partial charge in [0.2, 0.25) is 5.95 Å². The third kappa shape index (κ3) is 3.29. The second-order valence-corrected chi connectivity index (χ2v) is 9.73. The lowest BCUT2D eigenvalue weighted by Gasteiger charge is -2.39. The number of aromatic amines is 1. The highest BCUT2D eigenvalue weighted by atomic mass is 15.3. The van der Waals surface area contributed by atoms with Crippen molar-refractivity contribution >= 4 is 17.6 Å². The van der Waals surface area contributed by atoms with Crippen molar-refractivity contribution in [3.05, 3.63) is 24.0 Å². The molecule has 5 fully saturated rings. The van der Waals surface area contributed by atoms with Gasteiger partial charge in [-0.3, -0.25) is 5.10 Å². The molecule has 0 aromatic carbocycles. The van der Waals surface area contributed by atoms with Crippen LogP contribution >= 0.6 is 0 Å². The van der Waals surface area contributed by atoms with Gasteiger partial charge < -0.3 is 15.1 Å². The molecule has 7 nitrogen and oxygen atoms in total. The van der Waals surface area contributed by atoms with E-state index in [2.05, 4.69) is 36.4 Å². The molecule has 7 rings (SSSR count). The smallest absolute Gasteiger partial charge is 0.227 e. The topological polar surface area (TPSA) is 73.0 Å². The van der Waals surface area contributed by atoms with E-state index in [1.54, 1.807) is 0 Å². The summed E-state index contributed by atoms with van der Waals surface area (Å²) in [6.45, 7) is 4.94. The summed E-state index contributed by atoms with van der Waals surface area (Å²) in [6.07, 6.45) is 12.4. The van der Waals surface area contributed by atoms with Crippen molar-refractivity contribution in [2.45, 2.75) is 63.3 Å². The minimum atomic E-state index is 0.472. The van der Waals surface area contributed by atoms with Crippen LogP contribution in [0.1, 0.15) is 63.0 Å². The van der Waals surface area contributed by atoms with E-state index < -0.39 is 0 Å². The molecule has 2 bridgehead atoms. The van der Waals surface area contributed by atoms with Crippen LogP contribution in [0.5, 0.6) is 0 Å². The average Bonchev–Trinajstić information content (AvgIpc) is 3.50. The van der Waals surface area contributed by atoms with Crippen LogP contribution < -0.4 is 10.2 Å². The number of fused-ring (bicyclic) bond motifs is 1. The van der Waals surface area contributed by atoms with E-state index in [9.17, 15) is 0 Å². The van der Waals surface area contributed by atoms with Gasteiger partial charge >= 0.3 is 0 Å². The van der Waals surface area contributed by atoms with E-state index in [4.69, 9.17) is 4.98 Å². The molecule has 7 heteroatoms. The Hall–Kier alpha value is -2.15. The molecule has 5 heterocycles. The summed E-state index contributed by atoms with van der Waals surface area (Å²) in [7, 11) is 0. The first-order valence-corrected chi connectivity index (χ1v) is 11.4. The molecular formula is C22H31N7. The molecule has 2 aliphatic carbocycles. The Labute approximate surface area is 172 Å². The molecule has 0 unspecified atom stereocenters. The fourth-order valence-electron chi connectivity index (χ4n) is 6.14. The molecule has 2 N–H and O–H groups in total. The molecule has 0 atom stereocenters. The minimum Gasteiger partial charge on any atom is -0.337 e. The van der Waals surface area contributed by atoms with E-state index >= 15 is 0 Å². The molecule has 0 radical (unpaired) electrons. The second-order valence-electron chi connectivity index (χ2n) is 9.73. The summed E-state index contributed by atoms with van der Waals surface area (Å²) in [4.78, 5) is 14.5. The normalized spacial score (nSPS) is 29.5. The van der Waals surface area contributed by atoms with Crippen LogP contribution in [-0.4, -0.2) is 57.3 Å². The summed E-state index contributed by atoms with van der Waals surface area (Å²) in [5, 5.41) is 11.1. The Morgan fingerprint density at radius 1 is 1.10 bits per heavy atom. The number of nitrogens with zero attached hydrogens (tertiary/aromatic N) is 5. The van der Waals surface area contributed by atoms with Crippen molar-refractivity contribution in [3.8, 4) is 0 Å². The molecule has 3 aliphatic heterocycles. The largest absolute Gasteiger partial charge is 0.337 e. The molecule has 2 aromatic heterocycles. The molecule has 3 saturated heterocycles. The summed E-state index contributed by atoms with van der Waals surface area (Å²) in [6, 6.07) is 4.70. The van der Waals surface area contributed by atoms with Crippen molar-refractivity contribution in [2.75, 3.05) is 36.4 Å². The van der Waals surface area contributed by atoms with Gasteiger partial charge in [0.15, 0.2) is 5.82 Å². The van der Waals surface area contributed by atoms with Gasteiger partial charge in [0.1, 0.15) is 5.82 Å². The molecule has 154 valence electrons. The number of rotatable bonds is 6. The predicted molar refractivity (Wildman–Crippen MR) is 114 cm³/mol. The Morgan fingerprint density at radius 3 is 2.76 bits per heavy atom. The van der Waals surface area contributed by atoms with Crippen LogP contribution in [0.15, 0.2) is 18.3 Å². The van der Waals surface area contributed by atoms with Crippen molar-refractivity contribution in [1.82, 2.24) is 25.1 Å². The first-order valence-electron chi connectivity index (χ1n) is 11.4. The van der Waals surface area contributed by atoms with Crippen LogP contribution in [0.4, 0.5) is 17.6 Å². The van der Waals surface area contributed by atoms with E-state index in [0.29, 0.717) is 17.4 Å². The Kier molecular flexibility index (Phi) is 4.25. The number of nitrogens with one attached hydrogen (secondary N) is 2. The van der Waals surface area contributed by atoms with Crippen molar-refractivity contribution in [3.63, 3.8) is 0 Å². The second kappa shape index (κ2) is 6.97. The molecule has 2 aromatic rings. The maximum Gasteiger partial charge on any atom is 0.227 e. The third-order valence-electron chi connectivity index (χ3n) is 7.59. The van der Waals surface area contributed by atoms with Crippen LogP contribution in [0, 0.1) is 5.41 Å². The zero-order valence-electron chi connectivity index (χ0n) is 17.1. The first-order chi connectivity index (χ1) is 14.3. The highest BCUT2D eigenvalue weighted by Crippen LogP contribution is 2.53. The van der Waals surface area contributed by atoms with Crippen molar-refractivity contribution < 1.29 is 0 Å². The number of H-pyrrole nitrogens is 1. The van der Waals surface area contributed by atoms with Gasteiger partial charge in [-0.2, -0.15) is 10.1 Å². The van der Waals surface area contributed by atoms with Gasteiger partial charge in [-0.25, -0.2) is 4.98 Å². The number of likely N-dealkylation sites (tertiary alicyclic amines) is 1. The molecule has 0 spiro atoms. The highest BCUT2D eigenvalue weighted by Gasteiger charge is 2.56. The summed E-state index contributed by atoms with van der Waals surface area (Å²) in [5.74, 6) is 3.19. The zero-order chi connectivity index (χ0) is 19.3. The van der Waals surface area contributed by atoms with Crippen molar-refractivity contribution in [1.29, 1.82) is 0 Å². The van der Waals surface area contributed by atoms with Gasteiger partial charge in [-0.15, -0.1) is 0 Å². The van der Waals surface area contributed by atoms with E-state index in [1.807, 2.05) is 12.3 Å². The Balaban J connectivity index is 1.13. The van der Waals surface area contributed by atoms with Crippen LogP contribution in [0.2, 0.25) is 0 Å². The van der Waals surface area contributed by atoms with Crippen LogP contribution in [0.3, 0.4) is 0 Å². The number of aromatic nitrogens is 4. The SMILES string of the molecule is c1cc(Nc2cc(C3CCCC3)[nH]n2)nc(N2CC3(CN4CCCC4)CC2C3)n1. The average molecular weight is 394 g/mol. The van der Waals surface area contributed by atoms with E-state index in [1.165, 1.54) is 76.7 Å². The van der Waals surface area contributed by atoms with Gasteiger partial charge in [0, 0.05) is 48.4 Å². The lowest BCUT2D eigenvalue weighted by atomic mass is 9.70. The van der Waals surface area contributed by atoms with Gasteiger partial charge in [0.25, 0.3) is 0 Å². The Bertz CT molecular complexity index is 860. The Morgan fingerprint density at radius 2 is 1.93 bits per heavy atom. The standard InChI is InChI=1S/C22H31N7/c1-2-6-16(5-1)18-11-20(27-26-18)24-19-7-8-23-21(25-19)29-15-22(12-17(29)13-22)14-28-9-3-4-10-28/h7-8,11,16-17H,1-6,9-10,12-15H2,(H2,23,24,25,26,27). The van der Waals surface area contributed by atoms with Crippen LogP contribution in [-0.2, 0) is 0 Å². The van der Waals surface area contributed by atoms with Gasteiger partial charge in [-0.1, -0.05) is 12.8 Å². The molecule has 2 saturated carbocycles. The summed E-state index contributed by atoms with van der Waals surface area (Å²) >= 11 is 0. The fourth-order valence-corrected chi connectivity index (χ4v) is 6.14. The number of anilines is 3. The van der Waals surface area contributed by atoms with Gasteiger partial charge in [-0.05, 0) is 57.7 Å². The zero-order valence-corrected chi connectivity index (χ0v) is 17.1.